The fourth-order valence-corrected chi connectivity index (χ4v) is 11.1. The third-order valence-corrected chi connectivity index (χ3v) is 15.4. The molecule has 1 aliphatic carbocycles. The number of piperazine rings is 1. The SMILES string of the molecule is CCCCNc1ncc2c(-c3ccc(S(=O)(=O)N4CCN(C(=O)NCCCOCCCOCCCc5cccc6c5n(C)c(=O)n6C5CCC(=O)NC5=O)CC4)cc3)cn(C3CCC(O)CC3)c2n1. The van der Waals surface area contributed by atoms with Crippen LogP contribution in [0.15, 0.2) is 64.5 Å². The van der Waals surface area contributed by atoms with Crippen molar-refractivity contribution < 1.29 is 37.4 Å². The molecular weight excluding hydrogens is 905 g/mol. The summed E-state index contributed by atoms with van der Waals surface area (Å²) in [4.78, 5) is 61.7. The van der Waals surface area contributed by atoms with Crippen LogP contribution in [0.5, 0.6) is 0 Å². The molecule has 5 heterocycles. The van der Waals surface area contributed by atoms with E-state index >= 15 is 0 Å². The maximum absolute atomic E-state index is 13.8. The molecular formula is C49H66N10O9S. The molecule has 3 aliphatic rings. The Morgan fingerprint density at radius 3 is 2.33 bits per heavy atom. The Morgan fingerprint density at radius 2 is 1.61 bits per heavy atom. The van der Waals surface area contributed by atoms with Gasteiger partial charge in [0.25, 0.3) is 0 Å². The van der Waals surface area contributed by atoms with Gasteiger partial charge >= 0.3 is 11.7 Å². The number of nitrogens with one attached hydrogen (secondary N) is 3. The molecule has 1 atom stereocenters. The molecule has 5 aromatic rings. The van der Waals surface area contributed by atoms with Crippen LogP contribution in [0.2, 0.25) is 0 Å². The first-order chi connectivity index (χ1) is 33.4. The van der Waals surface area contributed by atoms with Gasteiger partial charge in [-0.2, -0.15) is 9.29 Å². The van der Waals surface area contributed by atoms with Gasteiger partial charge in [0.15, 0.2) is 0 Å². The van der Waals surface area contributed by atoms with Crippen molar-refractivity contribution in [3.63, 3.8) is 0 Å². The Kier molecular flexibility index (Phi) is 16.5. The van der Waals surface area contributed by atoms with Crippen molar-refractivity contribution in [1.82, 2.24) is 43.5 Å². The van der Waals surface area contributed by atoms with Gasteiger partial charge in [-0.25, -0.2) is 23.0 Å². The number of aliphatic hydroxyl groups excluding tert-OH is 1. The number of hydrogen-bond donors (Lipinski definition) is 4. The minimum Gasteiger partial charge on any atom is -0.393 e. The van der Waals surface area contributed by atoms with E-state index in [0.29, 0.717) is 57.3 Å². The molecule has 19 nitrogen and oxygen atoms in total. The number of amides is 4. The summed E-state index contributed by atoms with van der Waals surface area (Å²) < 4.78 is 45.8. The van der Waals surface area contributed by atoms with Gasteiger partial charge in [0.2, 0.25) is 27.8 Å². The van der Waals surface area contributed by atoms with E-state index in [1.54, 1.807) is 28.6 Å². The molecule has 69 heavy (non-hydrogen) atoms. The lowest BCUT2D eigenvalue weighted by Crippen LogP contribution is -2.53. The lowest BCUT2D eigenvalue weighted by atomic mass is 9.93. The van der Waals surface area contributed by atoms with Crippen molar-refractivity contribution in [2.75, 3.05) is 71.0 Å². The molecule has 2 aromatic carbocycles. The van der Waals surface area contributed by atoms with Crippen LogP contribution in [-0.2, 0) is 42.6 Å². The minimum absolute atomic E-state index is 0.191. The van der Waals surface area contributed by atoms with E-state index in [-0.39, 0.29) is 73.7 Å². The molecule has 2 aliphatic heterocycles. The predicted octanol–water partition coefficient (Wildman–Crippen LogP) is 4.88. The van der Waals surface area contributed by atoms with Crippen LogP contribution in [0, 0.1) is 0 Å². The zero-order chi connectivity index (χ0) is 48.5. The van der Waals surface area contributed by atoms with Crippen LogP contribution < -0.4 is 21.6 Å². The highest BCUT2D eigenvalue weighted by Crippen LogP contribution is 2.37. The van der Waals surface area contributed by atoms with Crippen LogP contribution in [0.4, 0.5) is 10.7 Å². The number of aryl methyl sites for hydroxylation is 2. The highest BCUT2D eigenvalue weighted by molar-refractivity contribution is 7.89. The van der Waals surface area contributed by atoms with Gasteiger partial charge in [-0.05, 0) is 93.5 Å². The number of sulfonamides is 1. The molecule has 0 bridgehead atoms. The first-order valence-electron chi connectivity index (χ1n) is 24.6. The fourth-order valence-electron chi connectivity index (χ4n) is 9.69. The molecule has 3 fully saturated rings. The Bertz CT molecular complexity index is 2760. The van der Waals surface area contributed by atoms with Crippen LogP contribution in [0.1, 0.15) is 95.2 Å². The molecule has 0 spiro atoms. The third-order valence-electron chi connectivity index (χ3n) is 13.5. The van der Waals surface area contributed by atoms with E-state index in [0.717, 1.165) is 91.2 Å². The van der Waals surface area contributed by atoms with Gasteiger partial charge in [0.05, 0.1) is 22.0 Å². The number of imidazole rings is 1. The minimum atomic E-state index is -3.79. The van der Waals surface area contributed by atoms with Gasteiger partial charge in [-0.15, -0.1) is 0 Å². The topological polar surface area (TPSA) is 224 Å². The molecule has 0 radical (unpaired) electrons. The molecule has 4 amide bonds. The van der Waals surface area contributed by atoms with E-state index < -0.39 is 22.0 Å². The molecule has 3 aromatic heterocycles. The summed E-state index contributed by atoms with van der Waals surface area (Å²) in [7, 11) is -2.09. The van der Waals surface area contributed by atoms with Gasteiger partial charge < -0.3 is 34.7 Å². The second kappa shape index (κ2) is 22.8. The summed E-state index contributed by atoms with van der Waals surface area (Å²) in [6, 6.07) is 11.9. The molecule has 1 unspecified atom stereocenters. The summed E-state index contributed by atoms with van der Waals surface area (Å²) >= 11 is 0. The van der Waals surface area contributed by atoms with E-state index in [1.165, 1.54) is 8.87 Å². The molecule has 8 rings (SSSR count). The molecule has 1 saturated carbocycles. The largest absolute Gasteiger partial charge is 0.393 e. The number of carbonyl (C=O) groups excluding carboxylic acids is 3. The van der Waals surface area contributed by atoms with Gasteiger partial charge in [-0.3, -0.25) is 24.0 Å². The van der Waals surface area contributed by atoms with Crippen molar-refractivity contribution in [2.45, 2.75) is 107 Å². The zero-order valence-electron chi connectivity index (χ0n) is 39.7. The van der Waals surface area contributed by atoms with Crippen molar-refractivity contribution in [1.29, 1.82) is 0 Å². The first-order valence-corrected chi connectivity index (χ1v) is 26.0. The van der Waals surface area contributed by atoms with Gasteiger partial charge in [0.1, 0.15) is 11.7 Å². The van der Waals surface area contributed by atoms with E-state index in [2.05, 4.69) is 38.6 Å². The van der Waals surface area contributed by atoms with Crippen LogP contribution in [-0.4, -0.2) is 136 Å². The number of aliphatic hydroxyl groups is 1. The van der Waals surface area contributed by atoms with Crippen LogP contribution in [0.3, 0.4) is 0 Å². The van der Waals surface area contributed by atoms with Crippen molar-refractivity contribution in [3.8, 4) is 11.1 Å². The summed E-state index contributed by atoms with van der Waals surface area (Å²) in [5, 5.41) is 19.7. The number of anilines is 1. The number of carbonyl (C=O) groups is 3. The first kappa shape index (κ1) is 49.7. The number of fused-ring (bicyclic) bond motifs is 2. The predicted molar refractivity (Wildman–Crippen MR) is 261 cm³/mol. The Balaban J connectivity index is 0.723. The van der Waals surface area contributed by atoms with Crippen LogP contribution >= 0.6 is 0 Å². The standard InChI is InChI=1S/C49H66N10O9S/c1-3-4-22-50-47-52-32-39-40(33-58(45(39)54-47)36-14-16-37(60)17-15-36)34-12-18-38(19-13-34)69(65,66)57-26-24-56(25-27-57)48(63)51-23-7-29-68-31-8-30-67-28-6-10-35-9-5-11-41-44(35)55(2)49(64)59(41)42-20-21-43(61)53-46(42)62/h5,9,11-13,18-19,32-33,36-37,42,60H,3-4,6-8,10,14-17,20-31H2,1-2H3,(H,51,63)(H,50,52,54)(H,53,61,62). The van der Waals surface area contributed by atoms with Crippen molar-refractivity contribution in [3.05, 3.63) is 70.9 Å². The summed E-state index contributed by atoms with van der Waals surface area (Å²) in [6.07, 6.45) is 12.2. The average molecular weight is 971 g/mol. The maximum atomic E-state index is 13.8. The number of piperidine rings is 1. The number of ether oxygens (including phenoxy) is 2. The number of unbranched alkanes of at least 4 members (excludes halogenated alkanes) is 1. The number of urea groups is 1. The highest BCUT2D eigenvalue weighted by Gasteiger charge is 2.33. The number of nitrogens with zero attached hydrogens (tertiary/aromatic N) is 7. The van der Waals surface area contributed by atoms with Crippen LogP contribution in [0.25, 0.3) is 33.2 Å². The Hall–Kier alpha value is -5.67. The van der Waals surface area contributed by atoms with E-state index in [1.807, 2.05) is 36.5 Å². The van der Waals surface area contributed by atoms with Crippen molar-refractivity contribution >= 4 is 55.9 Å². The monoisotopic (exact) mass is 970 g/mol. The lowest BCUT2D eigenvalue weighted by Gasteiger charge is -2.34. The molecule has 20 heteroatoms. The number of para-hydroxylation sites is 1. The van der Waals surface area contributed by atoms with E-state index in [4.69, 9.17) is 14.5 Å². The maximum Gasteiger partial charge on any atom is 0.329 e. The summed E-state index contributed by atoms with van der Waals surface area (Å²) in [5.74, 6) is -0.196. The number of imide groups is 1. The Labute approximate surface area is 402 Å². The lowest BCUT2D eigenvalue weighted by molar-refractivity contribution is -0.135. The molecule has 2 saturated heterocycles. The smallest absolute Gasteiger partial charge is 0.329 e. The third kappa shape index (κ3) is 11.5. The number of rotatable bonds is 21. The zero-order valence-corrected chi connectivity index (χ0v) is 40.6. The molecule has 4 N–H and O–H groups in total. The second-order valence-electron chi connectivity index (χ2n) is 18.3. The summed E-state index contributed by atoms with van der Waals surface area (Å²) in [6.45, 7) is 6.36. The van der Waals surface area contributed by atoms with Crippen molar-refractivity contribution in [2.24, 2.45) is 7.05 Å². The van der Waals surface area contributed by atoms with Gasteiger partial charge in [-0.1, -0.05) is 37.6 Å². The number of aromatic nitrogens is 5. The quantitative estimate of drug-likeness (QED) is 0.0571. The molecule has 372 valence electrons. The average Bonchev–Trinajstić information content (AvgIpc) is 3.85. The summed E-state index contributed by atoms with van der Waals surface area (Å²) in [5.41, 5.74) is 4.76. The Morgan fingerprint density at radius 1 is 0.884 bits per heavy atom. The number of hydrogen-bond acceptors (Lipinski definition) is 12. The van der Waals surface area contributed by atoms with E-state index in [9.17, 15) is 32.7 Å². The van der Waals surface area contributed by atoms with Gasteiger partial charge in [0, 0.05) is 109 Å². The highest BCUT2D eigenvalue weighted by atomic mass is 32.2. The number of benzene rings is 2. The normalized spacial score (nSPS) is 19.3. The fraction of sp³-hybridized carbons (Fsp3) is 0.551. The second-order valence-corrected chi connectivity index (χ2v) is 20.2.